The summed E-state index contributed by atoms with van der Waals surface area (Å²) in [6, 6.07) is 0. The van der Waals surface area contributed by atoms with E-state index in [1.165, 1.54) is 0 Å². The third-order valence-corrected chi connectivity index (χ3v) is 1.40. The highest BCUT2D eigenvalue weighted by atomic mass is 16.1. The average Bonchev–Trinajstić information content (AvgIpc) is 2.29. The lowest BCUT2D eigenvalue weighted by Crippen LogP contribution is -2.24. The van der Waals surface area contributed by atoms with Crippen LogP contribution in [0.2, 0.25) is 0 Å². The van der Waals surface area contributed by atoms with Crippen LogP contribution >= 0.6 is 0 Å². The van der Waals surface area contributed by atoms with E-state index in [1.807, 2.05) is 0 Å². The largest absolute Gasteiger partial charge is 0.359 e. The minimum atomic E-state index is -0.373. The SMILES string of the molecule is NC1=[N+]c2nc(N)[nH]c(=O)c2N1. The van der Waals surface area contributed by atoms with Gasteiger partial charge in [0, 0.05) is 0 Å². The van der Waals surface area contributed by atoms with Crippen LogP contribution in [-0.4, -0.2) is 15.9 Å². The van der Waals surface area contributed by atoms with Crippen molar-refractivity contribution in [2.45, 2.75) is 0 Å². The Labute approximate surface area is 66.5 Å². The topological polar surface area (TPSA) is 124 Å². The summed E-state index contributed by atoms with van der Waals surface area (Å²) in [4.78, 5) is 20.9. The fourth-order valence-electron chi connectivity index (χ4n) is 0.942. The summed E-state index contributed by atoms with van der Waals surface area (Å²) >= 11 is 0. The predicted molar refractivity (Wildman–Crippen MR) is 43.9 cm³/mol. The van der Waals surface area contributed by atoms with Crippen molar-refractivity contribution in [3.8, 4) is 0 Å². The number of nitrogens with one attached hydrogen (secondary N) is 2. The first-order chi connectivity index (χ1) is 5.66. The van der Waals surface area contributed by atoms with Crippen LogP contribution < -0.4 is 27.3 Å². The van der Waals surface area contributed by atoms with Gasteiger partial charge in [-0.3, -0.25) is 15.1 Å². The molecule has 1 aliphatic heterocycles. The number of nitrogens with two attached hydrogens (primary N) is 2. The number of guanidine groups is 1. The van der Waals surface area contributed by atoms with Crippen LogP contribution in [0, 0.1) is 0 Å². The van der Waals surface area contributed by atoms with Gasteiger partial charge >= 0.3 is 11.8 Å². The van der Waals surface area contributed by atoms with Gasteiger partial charge in [-0.15, -0.1) is 0 Å². The van der Waals surface area contributed by atoms with Gasteiger partial charge in [0.05, 0.1) is 0 Å². The number of aliphatic imine (C=N–C) groups is 1. The summed E-state index contributed by atoms with van der Waals surface area (Å²) in [5.41, 5.74) is 10.4. The number of aromatic nitrogens is 2. The van der Waals surface area contributed by atoms with Gasteiger partial charge in [-0.25, -0.2) is 0 Å². The summed E-state index contributed by atoms with van der Waals surface area (Å²) in [5.74, 6) is 0.404. The molecule has 7 heteroatoms. The molecule has 2 rings (SSSR count). The summed E-state index contributed by atoms with van der Waals surface area (Å²) in [6.07, 6.45) is 0. The number of H-pyrrole nitrogens is 1. The maximum Gasteiger partial charge on any atom is 0.344 e. The molecular formula is C5H6N6O+. The van der Waals surface area contributed by atoms with Gasteiger partial charge in [0.15, 0.2) is 0 Å². The molecule has 0 atom stereocenters. The Hall–Kier alpha value is -2.05. The molecule has 61 valence electrons. The molecule has 1 aromatic rings. The minimum Gasteiger partial charge on any atom is -0.359 e. The van der Waals surface area contributed by atoms with Gasteiger partial charge in [0.1, 0.15) is 0 Å². The second-order valence-corrected chi connectivity index (χ2v) is 2.27. The van der Waals surface area contributed by atoms with Crippen molar-refractivity contribution in [3.05, 3.63) is 10.4 Å². The molecule has 6 N–H and O–H groups in total. The highest BCUT2D eigenvalue weighted by Crippen LogP contribution is 2.15. The predicted octanol–water partition coefficient (Wildman–Crippen LogP) is -1.94. The zero-order valence-corrected chi connectivity index (χ0v) is 5.96. The first-order valence-electron chi connectivity index (χ1n) is 3.18. The summed E-state index contributed by atoms with van der Waals surface area (Å²) in [7, 11) is 0. The Morgan fingerprint density at radius 3 is 2.92 bits per heavy atom. The van der Waals surface area contributed by atoms with E-state index in [0.717, 1.165) is 0 Å². The number of hydrogen-bond acceptors (Lipinski definition) is 6. The Morgan fingerprint density at radius 1 is 1.42 bits per heavy atom. The molecule has 12 heavy (non-hydrogen) atoms. The number of nitrogens with zero attached hydrogens (tertiary/aromatic N) is 2. The van der Waals surface area contributed by atoms with Crippen LogP contribution in [0.25, 0.3) is 0 Å². The normalized spacial score (nSPS) is 13.5. The van der Waals surface area contributed by atoms with E-state index in [-0.39, 0.29) is 29.0 Å². The minimum absolute atomic E-state index is 0.0269. The highest BCUT2D eigenvalue weighted by molar-refractivity contribution is 5.99. The number of nitrogen functional groups attached to an aromatic ring is 1. The first kappa shape index (κ1) is 6.65. The smallest absolute Gasteiger partial charge is 0.344 e. The van der Waals surface area contributed by atoms with Gasteiger partial charge < -0.3 is 11.5 Å². The fraction of sp³-hybridized carbons (Fsp3) is 0. The van der Waals surface area contributed by atoms with Crippen molar-refractivity contribution in [3.63, 3.8) is 0 Å². The monoisotopic (exact) mass is 166 g/mol. The second kappa shape index (κ2) is 1.97. The molecule has 0 spiro atoms. The maximum atomic E-state index is 11.1. The molecular weight excluding hydrogens is 160 g/mol. The Kier molecular flexibility index (Phi) is 1.09. The highest BCUT2D eigenvalue weighted by Gasteiger charge is 2.25. The van der Waals surface area contributed by atoms with Crippen LogP contribution in [0.3, 0.4) is 0 Å². The van der Waals surface area contributed by atoms with Crippen LogP contribution in [0.1, 0.15) is 0 Å². The zero-order valence-electron chi connectivity index (χ0n) is 5.96. The average molecular weight is 166 g/mol. The van der Waals surface area contributed by atoms with Crippen molar-refractivity contribution in [1.29, 1.82) is 0 Å². The lowest BCUT2D eigenvalue weighted by Gasteiger charge is -1.90. The van der Waals surface area contributed by atoms with Gasteiger partial charge in [-0.2, -0.15) is 0 Å². The van der Waals surface area contributed by atoms with Crippen molar-refractivity contribution in [2.24, 2.45) is 5.73 Å². The molecule has 0 bridgehead atoms. The Balaban J connectivity index is 2.70. The Bertz CT molecular complexity index is 418. The number of fused-ring (bicyclic) bond motifs is 1. The molecule has 1 radical (unpaired) electrons. The summed E-state index contributed by atoms with van der Waals surface area (Å²) in [5, 5.41) is 2.56. The molecule has 0 saturated heterocycles. The standard InChI is InChI=1S/C5H6N6O/c6-4-8-1-2(9-4)10-5(7)11-3(1)12/h8H,6H2,(H3,7,10,11,12)/q+1. The van der Waals surface area contributed by atoms with Crippen molar-refractivity contribution < 1.29 is 0 Å². The third-order valence-electron chi connectivity index (χ3n) is 1.40. The number of rotatable bonds is 0. The molecule has 0 saturated carbocycles. The maximum absolute atomic E-state index is 11.1. The van der Waals surface area contributed by atoms with E-state index in [2.05, 4.69) is 20.3 Å². The third kappa shape index (κ3) is 0.797. The fourth-order valence-corrected chi connectivity index (χ4v) is 0.942. The van der Waals surface area contributed by atoms with Crippen molar-refractivity contribution in [2.75, 3.05) is 11.1 Å². The number of anilines is 2. The number of hydrogen-bond donors (Lipinski definition) is 4. The molecule has 0 fully saturated rings. The molecule has 0 aliphatic carbocycles. The first-order valence-corrected chi connectivity index (χ1v) is 3.18. The van der Waals surface area contributed by atoms with Gasteiger partial charge in [0.2, 0.25) is 5.69 Å². The lowest BCUT2D eigenvalue weighted by molar-refractivity contribution is 1.12. The molecule has 1 aromatic heterocycles. The van der Waals surface area contributed by atoms with Gasteiger partial charge in [-0.05, 0) is 0 Å². The van der Waals surface area contributed by atoms with E-state index in [9.17, 15) is 4.79 Å². The molecule has 1 aliphatic rings. The van der Waals surface area contributed by atoms with Crippen LogP contribution in [0.5, 0.6) is 0 Å². The molecule has 0 amide bonds. The Morgan fingerprint density at radius 2 is 2.17 bits per heavy atom. The lowest BCUT2D eigenvalue weighted by atomic mass is 10.5. The van der Waals surface area contributed by atoms with Crippen LogP contribution in [0.4, 0.5) is 17.5 Å². The van der Waals surface area contributed by atoms with E-state index < -0.39 is 0 Å². The molecule has 0 unspecified atom stereocenters. The molecule has 0 aromatic carbocycles. The van der Waals surface area contributed by atoms with E-state index >= 15 is 0 Å². The number of aromatic amines is 1. The van der Waals surface area contributed by atoms with E-state index in [4.69, 9.17) is 11.5 Å². The second-order valence-electron chi connectivity index (χ2n) is 2.27. The zero-order chi connectivity index (χ0) is 8.72. The van der Waals surface area contributed by atoms with Crippen molar-refractivity contribution >= 4 is 23.4 Å². The molecule has 7 nitrogen and oxygen atoms in total. The summed E-state index contributed by atoms with van der Waals surface area (Å²) in [6.45, 7) is 0. The van der Waals surface area contributed by atoms with E-state index in [1.54, 1.807) is 0 Å². The van der Waals surface area contributed by atoms with Crippen molar-refractivity contribution in [1.82, 2.24) is 15.0 Å². The van der Waals surface area contributed by atoms with Gasteiger partial charge in [-0.1, -0.05) is 9.98 Å². The summed E-state index contributed by atoms with van der Waals surface area (Å²) < 4.78 is 0. The van der Waals surface area contributed by atoms with E-state index in [0.29, 0.717) is 0 Å². The van der Waals surface area contributed by atoms with Gasteiger partial charge in [0.25, 0.3) is 11.5 Å². The molecule has 2 heterocycles. The quantitative estimate of drug-likeness (QED) is 0.357. The van der Waals surface area contributed by atoms with Crippen LogP contribution in [0.15, 0.2) is 4.79 Å². The van der Waals surface area contributed by atoms with Crippen LogP contribution in [-0.2, 0) is 0 Å².